The predicted molar refractivity (Wildman–Crippen MR) is 161 cm³/mol. The van der Waals surface area contributed by atoms with Crippen molar-refractivity contribution in [2.75, 3.05) is 20.0 Å². The summed E-state index contributed by atoms with van der Waals surface area (Å²) in [6.45, 7) is 1.70. The van der Waals surface area contributed by atoms with Crippen molar-refractivity contribution < 1.29 is 27.7 Å². The minimum absolute atomic E-state index is 0.133. The van der Waals surface area contributed by atoms with Gasteiger partial charge in [-0.25, -0.2) is 13.6 Å². The number of hydrogen-bond acceptors (Lipinski definition) is 7. The first kappa shape index (κ1) is 29.9. The van der Waals surface area contributed by atoms with Crippen LogP contribution in [-0.4, -0.2) is 27.7 Å². The zero-order valence-corrected chi connectivity index (χ0v) is 24.2. The number of nitrogen functional groups attached to an aromatic ring is 1. The zero-order chi connectivity index (χ0) is 29.6. The lowest BCUT2D eigenvalue weighted by Gasteiger charge is -2.30. The molecule has 4 aromatic rings. The van der Waals surface area contributed by atoms with Crippen molar-refractivity contribution in [2.45, 2.75) is 37.2 Å². The van der Waals surface area contributed by atoms with Crippen LogP contribution in [-0.2, 0) is 23.1 Å². The van der Waals surface area contributed by atoms with E-state index in [0.717, 1.165) is 11.1 Å². The lowest BCUT2D eigenvalue weighted by atomic mass is 9.84. The molecule has 41 heavy (non-hydrogen) atoms. The first-order chi connectivity index (χ1) is 19.6. The summed E-state index contributed by atoms with van der Waals surface area (Å²) in [7, 11) is -1.20. The number of nitrogens with two attached hydrogens (primary N) is 2. The van der Waals surface area contributed by atoms with Crippen molar-refractivity contribution in [2.24, 2.45) is 5.14 Å². The Morgan fingerprint density at radius 1 is 0.829 bits per heavy atom. The van der Waals surface area contributed by atoms with E-state index in [4.69, 9.17) is 25.1 Å². The zero-order valence-electron chi connectivity index (χ0n) is 23.4. The minimum atomic E-state index is -4.26. The van der Waals surface area contributed by atoms with E-state index in [2.05, 4.69) is 0 Å². The summed E-state index contributed by atoms with van der Waals surface area (Å²) in [4.78, 5) is 0. The Morgan fingerprint density at radius 3 is 2.00 bits per heavy atom. The van der Waals surface area contributed by atoms with Crippen molar-refractivity contribution in [1.29, 1.82) is 0 Å². The largest absolute Gasteiger partial charge is 0.493 e. The average Bonchev–Trinajstić information content (AvgIpc) is 2.96. The van der Waals surface area contributed by atoms with Crippen LogP contribution in [0.3, 0.4) is 0 Å². The number of benzene rings is 4. The van der Waals surface area contributed by atoms with E-state index in [1.807, 2.05) is 66.7 Å². The summed E-state index contributed by atoms with van der Waals surface area (Å²) < 4.78 is 44.4. The van der Waals surface area contributed by atoms with Gasteiger partial charge < -0.3 is 25.1 Å². The molecule has 4 rings (SSSR count). The highest BCUT2D eigenvalue weighted by molar-refractivity contribution is 7.89. The highest BCUT2D eigenvalue weighted by Crippen LogP contribution is 2.47. The molecule has 0 bridgehead atoms. The Balaban J connectivity index is 1.94. The van der Waals surface area contributed by atoms with E-state index >= 15 is 0 Å². The van der Waals surface area contributed by atoms with Crippen LogP contribution in [0.15, 0.2) is 91.0 Å². The van der Waals surface area contributed by atoms with Crippen molar-refractivity contribution in [1.82, 2.24) is 0 Å². The van der Waals surface area contributed by atoms with Crippen molar-refractivity contribution in [3.8, 4) is 17.2 Å². The lowest BCUT2D eigenvalue weighted by Crippen LogP contribution is -2.29. The number of hydrogen-bond donors (Lipinski definition) is 3. The second-order valence-corrected chi connectivity index (χ2v) is 11.5. The summed E-state index contributed by atoms with van der Waals surface area (Å²) in [6.07, 6.45) is -0.695. The van der Waals surface area contributed by atoms with Crippen molar-refractivity contribution in [3.05, 3.63) is 119 Å². The standard InChI is InChI=1S/C32H36N2O6S/c1-21(35)30-27(33)16-15-25(31(30)40-20-23-12-8-5-9-13-23)32(41(34,36)37)26(18-22-10-6-4-7-11-22)24-14-17-28(38-2)29(19-24)39-3/h4-17,19,21,26,32,35H,18,20,33H2,1-3H3,(H2,34,36,37). The van der Waals surface area contributed by atoms with Crippen LogP contribution in [0.25, 0.3) is 0 Å². The van der Waals surface area contributed by atoms with Crippen LogP contribution in [0.1, 0.15) is 52.0 Å². The molecule has 0 saturated heterocycles. The second-order valence-electron chi connectivity index (χ2n) is 9.86. The minimum Gasteiger partial charge on any atom is -0.493 e. The summed E-state index contributed by atoms with van der Waals surface area (Å²) in [5.41, 5.74) is 9.65. The number of ether oxygens (including phenoxy) is 3. The molecule has 0 aromatic heterocycles. The molecular weight excluding hydrogens is 540 g/mol. The number of aliphatic hydroxyl groups is 1. The van der Waals surface area contributed by atoms with Gasteiger partial charge in [0.05, 0.1) is 20.3 Å². The molecule has 216 valence electrons. The number of aliphatic hydroxyl groups excluding tert-OH is 1. The van der Waals surface area contributed by atoms with Gasteiger partial charge in [0, 0.05) is 22.7 Å². The number of methoxy groups -OCH3 is 2. The molecule has 0 amide bonds. The number of primary sulfonamides is 1. The molecule has 0 saturated carbocycles. The molecule has 5 N–H and O–H groups in total. The molecule has 0 aliphatic rings. The molecule has 9 heteroatoms. The average molecular weight is 577 g/mol. The normalized spacial score (nSPS) is 13.7. The van der Waals surface area contributed by atoms with E-state index in [0.29, 0.717) is 34.6 Å². The van der Waals surface area contributed by atoms with Crippen LogP contribution in [0.5, 0.6) is 17.2 Å². The SMILES string of the molecule is COc1ccc(C(Cc2ccccc2)C(c2ccc(N)c(C(C)O)c2OCc2ccccc2)S(N)(=O)=O)cc1OC. The third-order valence-electron chi connectivity index (χ3n) is 7.06. The highest BCUT2D eigenvalue weighted by Gasteiger charge is 2.38. The highest BCUT2D eigenvalue weighted by atomic mass is 32.2. The fraction of sp³-hybridized carbons (Fsp3) is 0.250. The molecule has 3 atom stereocenters. The predicted octanol–water partition coefficient (Wildman–Crippen LogP) is 5.27. The number of rotatable bonds is 12. The Kier molecular flexibility index (Phi) is 9.54. The van der Waals surface area contributed by atoms with Crippen molar-refractivity contribution in [3.63, 3.8) is 0 Å². The molecule has 3 unspecified atom stereocenters. The third-order valence-corrected chi connectivity index (χ3v) is 8.35. The molecule has 0 fully saturated rings. The van der Waals surface area contributed by atoms with Crippen LogP contribution in [0.2, 0.25) is 0 Å². The molecule has 0 radical (unpaired) electrons. The maximum Gasteiger partial charge on any atom is 0.216 e. The van der Waals surface area contributed by atoms with Gasteiger partial charge in [-0.2, -0.15) is 0 Å². The van der Waals surface area contributed by atoms with Gasteiger partial charge in [0.1, 0.15) is 17.6 Å². The second kappa shape index (κ2) is 13.1. The number of anilines is 1. The summed E-state index contributed by atoms with van der Waals surface area (Å²) >= 11 is 0. The van der Waals surface area contributed by atoms with Crippen molar-refractivity contribution >= 4 is 15.7 Å². The molecular formula is C32H36N2O6S. The van der Waals surface area contributed by atoms with Gasteiger partial charge in [-0.3, -0.25) is 0 Å². The van der Waals surface area contributed by atoms with E-state index in [9.17, 15) is 13.5 Å². The third kappa shape index (κ3) is 7.00. The van der Waals surface area contributed by atoms with Gasteiger partial charge >= 0.3 is 0 Å². The van der Waals surface area contributed by atoms with Crippen LogP contribution >= 0.6 is 0 Å². The van der Waals surface area contributed by atoms with Gasteiger partial charge in [-0.05, 0) is 48.2 Å². The Hall–Kier alpha value is -4.05. The summed E-state index contributed by atoms with van der Waals surface area (Å²) in [6, 6.07) is 27.5. The summed E-state index contributed by atoms with van der Waals surface area (Å²) in [5, 5.41) is 15.5. The summed E-state index contributed by atoms with van der Waals surface area (Å²) in [5.74, 6) is 0.495. The van der Waals surface area contributed by atoms with Crippen LogP contribution in [0, 0.1) is 0 Å². The maximum absolute atomic E-state index is 13.6. The first-order valence-electron chi connectivity index (χ1n) is 13.2. The van der Waals surface area contributed by atoms with Gasteiger partial charge in [0.2, 0.25) is 10.0 Å². The Labute approximate surface area is 241 Å². The topological polar surface area (TPSA) is 134 Å². The Bertz CT molecular complexity index is 1560. The van der Waals surface area contributed by atoms with E-state index in [-0.39, 0.29) is 18.0 Å². The smallest absolute Gasteiger partial charge is 0.216 e. The van der Waals surface area contributed by atoms with Crippen LogP contribution < -0.4 is 25.1 Å². The van der Waals surface area contributed by atoms with Gasteiger partial charge in [-0.1, -0.05) is 72.8 Å². The van der Waals surface area contributed by atoms with E-state index < -0.39 is 27.3 Å². The van der Waals surface area contributed by atoms with Gasteiger partial charge in [0.25, 0.3) is 0 Å². The van der Waals surface area contributed by atoms with Gasteiger partial charge in [0.15, 0.2) is 11.5 Å². The molecule has 0 aliphatic carbocycles. The fourth-order valence-corrected chi connectivity index (χ4v) is 6.40. The fourth-order valence-electron chi connectivity index (χ4n) is 5.15. The molecule has 8 nitrogen and oxygen atoms in total. The lowest BCUT2D eigenvalue weighted by molar-refractivity contribution is 0.190. The quantitative estimate of drug-likeness (QED) is 0.196. The van der Waals surface area contributed by atoms with Gasteiger partial charge in [-0.15, -0.1) is 0 Å². The molecule has 0 aliphatic heterocycles. The monoisotopic (exact) mass is 576 g/mol. The number of sulfonamides is 1. The first-order valence-corrected chi connectivity index (χ1v) is 14.8. The molecule has 4 aromatic carbocycles. The van der Waals surface area contributed by atoms with E-state index in [1.54, 1.807) is 31.2 Å². The maximum atomic E-state index is 13.6. The molecule has 0 spiro atoms. The Morgan fingerprint density at radius 2 is 1.44 bits per heavy atom. The molecule has 0 heterocycles. The van der Waals surface area contributed by atoms with E-state index in [1.165, 1.54) is 14.2 Å². The van der Waals surface area contributed by atoms with Crippen LogP contribution in [0.4, 0.5) is 5.69 Å².